The zero-order valence-corrected chi connectivity index (χ0v) is 15.1. The lowest BCUT2D eigenvalue weighted by Gasteiger charge is -2.13. The van der Waals surface area contributed by atoms with Gasteiger partial charge >= 0.3 is 0 Å². The number of anilines is 1. The summed E-state index contributed by atoms with van der Waals surface area (Å²) in [6.07, 6.45) is 0. The van der Waals surface area contributed by atoms with Crippen LogP contribution in [0.15, 0.2) is 59.5 Å². The summed E-state index contributed by atoms with van der Waals surface area (Å²) in [5, 5.41) is 5.49. The Balaban J connectivity index is 1.85. The van der Waals surface area contributed by atoms with E-state index in [1.807, 2.05) is 55.5 Å². The zero-order valence-electron chi connectivity index (χ0n) is 14.3. The number of benzene rings is 2. The lowest BCUT2D eigenvalue weighted by atomic mass is 10.2. The summed E-state index contributed by atoms with van der Waals surface area (Å²) in [4.78, 5) is 24.9. The first-order chi connectivity index (χ1) is 12.1. The first-order valence-corrected chi connectivity index (χ1v) is 8.83. The standard InChI is InChI=1S/C19H22N2O3S/c1-14(25-17-9-4-3-5-10-17)19(23)20-12-15-7-6-8-16(11-15)21-18(22)13-24-2/h3-11,14H,12-13H2,1-2H3,(H,20,23)(H,21,22). The lowest BCUT2D eigenvalue weighted by molar-refractivity contribution is -0.120. The van der Waals surface area contributed by atoms with E-state index in [4.69, 9.17) is 4.74 Å². The molecule has 2 rings (SSSR count). The number of nitrogens with one attached hydrogen (secondary N) is 2. The fourth-order valence-electron chi connectivity index (χ4n) is 2.18. The topological polar surface area (TPSA) is 67.4 Å². The molecule has 0 fully saturated rings. The Morgan fingerprint density at radius 2 is 1.88 bits per heavy atom. The van der Waals surface area contributed by atoms with Crippen molar-refractivity contribution in [2.45, 2.75) is 23.6 Å². The molecular weight excluding hydrogens is 336 g/mol. The molecule has 25 heavy (non-hydrogen) atoms. The minimum absolute atomic E-state index is 0.00911. The fourth-order valence-corrected chi connectivity index (χ4v) is 3.09. The maximum Gasteiger partial charge on any atom is 0.250 e. The monoisotopic (exact) mass is 358 g/mol. The Morgan fingerprint density at radius 1 is 1.12 bits per heavy atom. The van der Waals surface area contributed by atoms with E-state index in [1.54, 1.807) is 6.07 Å². The normalized spacial score (nSPS) is 11.6. The molecule has 0 aliphatic rings. The summed E-state index contributed by atoms with van der Waals surface area (Å²) in [7, 11) is 1.47. The van der Waals surface area contributed by atoms with E-state index in [0.717, 1.165) is 10.5 Å². The predicted octanol–water partition coefficient (Wildman–Crippen LogP) is 3.07. The molecule has 1 unspecified atom stereocenters. The van der Waals surface area contributed by atoms with Crippen molar-refractivity contribution in [3.05, 3.63) is 60.2 Å². The molecular formula is C19H22N2O3S. The van der Waals surface area contributed by atoms with Gasteiger partial charge in [0.1, 0.15) is 6.61 Å². The van der Waals surface area contributed by atoms with Crippen molar-refractivity contribution < 1.29 is 14.3 Å². The van der Waals surface area contributed by atoms with Crippen LogP contribution in [0.25, 0.3) is 0 Å². The molecule has 0 bridgehead atoms. The number of amides is 2. The molecule has 0 aromatic heterocycles. The molecule has 0 aliphatic heterocycles. The minimum atomic E-state index is -0.212. The zero-order chi connectivity index (χ0) is 18.1. The molecule has 1 atom stereocenters. The van der Waals surface area contributed by atoms with Crippen LogP contribution in [-0.2, 0) is 20.9 Å². The second kappa shape index (κ2) is 9.86. The number of carbonyl (C=O) groups is 2. The van der Waals surface area contributed by atoms with E-state index in [9.17, 15) is 9.59 Å². The maximum absolute atomic E-state index is 12.3. The van der Waals surface area contributed by atoms with Crippen LogP contribution in [0.2, 0.25) is 0 Å². The molecule has 2 aromatic carbocycles. The molecule has 0 saturated heterocycles. The van der Waals surface area contributed by atoms with Gasteiger partial charge in [0.2, 0.25) is 11.8 Å². The van der Waals surface area contributed by atoms with Gasteiger partial charge in [0, 0.05) is 24.2 Å². The highest BCUT2D eigenvalue weighted by atomic mass is 32.2. The highest BCUT2D eigenvalue weighted by molar-refractivity contribution is 8.00. The molecule has 0 heterocycles. The van der Waals surface area contributed by atoms with Gasteiger partial charge in [-0.2, -0.15) is 0 Å². The van der Waals surface area contributed by atoms with Crippen molar-refractivity contribution in [1.29, 1.82) is 0 Å². The summed E-state index contributed by atoms with van der Waals surface area (Å²) >= 11 is 1.52. The predicted molar refractivity (Wildman–Crippen MR) is 101 cm³/mol. The molecule has 0 saturated carbocycles. The summed E-state index contributed by atoms with van der Waals surface area (Å²) in [6.45, 7) is 2.30. The van der Waals surface area contributed by atoms with Gasteiger partial charge in [-0.15, -0.1) is 11.8 Å². The van der Waals surface area contributed by atoms with Crippen LogP contribution in [-0.4, -0.2) is 30.8 Å². The second-order valence-electron chi connectivity index (χ2n) is 5.47. The molecule has 0 radical (unpaired) electrons. The summed E-state index contributed by atoms with van der Waals surface area (Å²) in [5.74, 6) is -0.237. The van der Waals surface area contributed by atoms with Gasteiger partial charge in [0.15, 0.2) is 0 Å². The first kappa shape index (κ1) is 19.0. The van der Waals surface area contributed by atoms with Crippen LogP contribution in [0.3, 0.4) is 0 Å². The molecule has 0 spiro atoms. The van der Waals surface area contributed by atoms with E-state index in [0.29, 0.717) is 12.2 Å². The number of carbonyl (C=O) groups excluding carboxylic acids is 2. The number of ether oxygens (including phenoxy) is 1. The fraction of sp³-hybridized carbons (Fsp3) is 0.263. The van der Waals surface area contributed by atoms with Gasteiger partial charge in [-0.1, -0.05) is 30.3 Å². The van der Waals surface area contributed by atoms with Crippen LogP contribution in [0.5, 0.6) is 0 Å². The molecule has 6 heteroatoms. The van der Waals surface area contributed by atoms with Crippen LogP contribution in [0, 0.1) is 0 Å². The molecule has 2 aromatic rings. The van der Waals surface area contributed by atoms with Crippen LogP contribution in [0.4, 0.5) is 5.69 Å². The van der Waals surface area contributed by atoms with Gasteiger partial charge in [-0.25, -0.2) is 0 Å². The third-order valence-electron chi connectivity index (χ3n) is 3.38. The van der Waals surface area contributed by atoms with Crippen molar-refractivity contribution in [1.82, 2.24) is 5.32 Å². The number of thioether (sulfide) groups is 1. The number of hydrogen-bond donors (Lipinski definition) is 2. The van der Waals surface area contributed by atoms with Gasteiger partial charge in [0.25, 0.3) is 0 Å². The Labute approximate surface area is 152 Å². The largest absolute Gasteiger partial charge is 0.375 e. The van der Waals surface area contributed by atoms with Gasteiger partial charge in [0.05, 0.1) is 5.25 Å². The van der Waals surface area contributed by atoms with Gasteiger partial charge in [-0.3, -0.25) is 9.59 Å². The van der Waals surface area contributed by atoms with E-state index < -0.39 is 0 Å². The average Bonchev–Trinajstić information content (AvgIpc) is 2.61. The van der Waals surface area contributed by atoms with Gasteiger partial charge in [-0.05, 0) is 36.8 Å². The molecule has 2 amide bonds. The number of methoxy groups -OCH3 is 1. The lowest BCUT2D eigenvalue weighted by Crippen LogP contribution is -2.30. The summed E-state index contributed by atoms with van der Waals surface area (Å²) in [5.41, 5.74) is 1.60. The second-order valence-corrected chi connectivity index (χ2v) is 6.89. The third-order valence-corrected chi connectivity index (χ3v) is 4.49. The number of rotatable bonds is 8. The van der Waals surface area contributed by atoms with Crippen molar-refractivity contribution >= 4 is 29.3 Å². The molecule has 132 valence electrons. The Kier molecular flexibility index (Phi) is 7.50. The molecule has 2 N–H and O–H groups in total. The quantitative estimate of drug-likeness (QED) is 0.712. The Hall–Kier alpha value is -2.31. The highest BCUT2D eigenvalue weighted by Gasteiger charge is 2.14. The molecule has 5 nitrogen and oxygen atoms in total. The van der Waals surface area contributed by atoms with Crippen LogP contribution >= 0.6 is 11.8 Å². The minimum Gasteiger partial charge on any atom is -0.375 e. The summed E-state index contributed by atoms with van der Waals surface area (Å²) < 4.78 is 4.79. The van der Waals surface area contributed by atoms with E-state index in [1.165, 1.54) is 18.9 Å². The van der Waals surface area contributed by atoms with Crippen molar-refractivity contribution in [2.75, 3.05) is 19.0 Å². The highest BCUT2D eigenvalue weighted by Crippen LogP contribution is 2.22. The maximum atomic E-state index is 12.3. The Bertz CT molecular complexity index is 707. The van der Waals surface area contributed by atoms with E-state index >= 15 is 0 Å². The van der Waals surface area contributed by atoms with E-state index in [-0.39, 0.29) is 23.7 Å². The van der Waals surface area contributed by atoms with Crippen molar-refractivity contribution in [3.8, 4) is 0 Å². The number of hydrogen-bond acceptors (Lipinski definition) is 4. The van der Waals surface area contributed by atoms with Gasteiger partial charge < -0.3 is 15.4 Å². The van der Waals surface area contributed by atoms with Crippen LogP contribution in [0.1, 0.15) is 12.5 Å². The third kappa shape index (κ3) is 6.60. The van der Waals surface area contributed by atoms with Crippen molar-refractivity contribution in [2.24, 2.45) is 0 Å². The smallest absolute Gasteiger partial charge is 0.250 e. The van der Waals surface area contributed by atoms with Crippen LogP contribution < -0.4 is 10.6 Å². The first-order valence-electron chi connectivity index (χ1n) is 7.95. The summed E-state index contributed by atoms with van der Waals surface area (Å²) in [6, 6.07) is 17.2. The van der Waals surface area contributed by atoms with Crippen molar-refractivity contribution in [3.63, 3.8) is 0 Å². The Morgan fingerprint density at radius 3 is 2.60 bits per heavy atom. The molecule has 0 aliphatic carbocycles. The average molecular weight is 358 g/mol. The van der Waals surface area contributed by atoms with E-state index in [2.05, 4.69) is 10.6 Å². The SMILES string of the molecule is COCC(=O)Nc1cccc(CNC(=O)C(C)Sc2ccccc2)c1.